The van der Waals surface area contributed by atoms with E-state index in [1.165, 1.54) is 12.1 Å². The third-order valence-electron chi connectivity index (χ3n) is 3.42. The number of benzene rings is 2. The Kier molecular flexibility index (Phi) is 3.80. The molecule has 0 aromatic heterocycles. The van der Waals surface area contributed by atoms with Gasteiger partial charge in [0.2, 0.25) is 12.0 Å². The van der Waals surface area contributed by atoms with E-state index in [2.05, 4.69) is 0 Å². The van der Waals surface area contributed by atoms with E-state index in [0.29, 0.717) is 23.5 Å². The SMILES string of the molecule is O=C(Cl)C(Cc1ccc2c(c1)OCO2)c1ccc(F)cc1. The second kappa shape index (κ2) is 5.74. The highest BCUT2D eigenvalue weighted by Crippen LogP contribution is 2.34. The Morgan fingerprint density at radius 1 is 1.14 bits per heavy atom. The van der Waals surface area contributed by atoms with Gasteiger partial charge in [0.25, 0.3) is 0 Å². The van der Waals surface area contributed by atoms with Crippen molar-refractivity contribution in [1.29, 1.82) is 0 Å². The van der Waals surface area contributed by atoms with Gasteiger partial charge < -0.3 is 9.47 Å². The molecular weight excluding hydrogens is 295 g/mol. The van der Waals surface area contributed by atoms with Gasteiger partial charge in [-0.3, -0.25) is 4.79 Å². The van der Waals surface area contributed by atoms with Gasteiger partial charge in [0.05, 0.1) is 5.92 Å². The fourth-order valence-electron chi connectivity index (χ4n) is 2.33. The Balaban J connectivity index is 1.85. The zero-order chi connectivity index (χ0) is 14.8. The van der Waals surface area contributed by atoms with Gasteiger partial charge in [0, 0.05) is 0 Å². The van der Waals surface area contributed by atoms with Gasteiger partial charge in [-0.2, -0.15) is 0 Å². The topological polar surface area (TPSA) is 35.5 Å². The largest absolute Gasteiger partial charge is 0.454 e. The summed E-state index contributed by atoms with van der Waals surface area (Å²) in [7, 11) is 0. The molecule has 0 aliphatic carbocycles. The highest BCUT2D eigenvalue weighted by molar-refractivity contribution is 6.64. The van der Waals surface area contributed by atoms with E-state index in [9.17, 15) is 9.18 Å². The minimum absolute atomic E-state index is 0.203. The molecular formula is C16H12ClFO3. The lowest BCUT2D eigenvalue weighted by atomic mass is 9.93. The average Bonchev–Trinajstić information content (AvgIpc) is 2.93. The first-order valence-electron chi connectivity index (χ1n) is 6.47. The summed E-state index contributed by atoms with van der Waals surface area (Å²) < 4.78 is 23.5. The van der Waals surface area contributed by atoms with Crippen molar-refractivity contribution in [3.63, 3.8) is 0 Å². The minimum atomic E-state index is -0.521. The molecule has 2 aromatic rings. The summed E-state index contributed by atoms with van der Waals surface area (Å²) in [4.78, 5) is 11.7. The van der Waals surface area contributed by atoms with Crippen molar-refractivity contribution < 1.29 is 18.7 Å². The van der Waals surface area contributed by atoms with E-state index in [1.807, 2.05) is 12.1 Å². The molecule has 1 aliphatic rings. The monoisotopic (exact) mass is 306 g/mol. The molecule has 0 bridgehead atoms. The molecule has 0 radical (unpaired) electrons. The molecule has 5 heteroatoms. The van der Waals surface area contributed by atoms with Crippen molar-refractivity contribution in [2.45, 2.75) is 12.3 Å². The van der Waals surface area contributed by atoms with Crippen LogP contribution in [0.15, 0.2) is 42.5 Å². The zero-order valence-electron chi connectivity index (χ0n) is 11.0. The van der Waals surface area contributed by atoms with Crippen LogP contribution in [0.4, 0.5) is 4.39 Å². The van der Waals surface area contributed by atoms with E-state index in [0.717, 1.165) is 5.56 Å². The predicted molar refractivity (Wildman–Crippen MR) is 76.3 cm³/mol. The first-order chi connectivity index (χ1) is 10.1. The van der Waals surface area contributed by atoms with Crippen LogP contribution >= 0.6 is 11.6 Å². The fraction of sp³-hybridized carbons (Fsp3) is 0.188. The van der Waals surface area contributed by atoms with Gasteiger partial charge in [-0.25, -0.2) is 4.39 Å². The molecule has 0 saturated heterocycles. The summed E-state index contributed by atoms with van der Waals surface area (Å²) in [5.74, 6) is 0.483. The number of hydrogen-bond donors (Lipinski definition) is 0. The molecule has 3 nitrogen and oxygen atoms in total. The molecule has 1 atom stereocenters. The molecule has 2 aromatic carbocycles. The van der Waals surface area contributed by atoms with Gasteiger partial charge in [0.15, 0.2) is 11.5 Å². The molecule has 1 aliphatic heterocycles. The van der Waals surface area contributed by atoms with Crippen LogP contribution in [0.2, 0.25) is 0 Å². The van der Waals surface area contributed by atoms with Gasteiger partial charge >= 0.3 is 0 Å². The Bertz CT molecular complexity index is 670. The normalized spacial score (nSPS) is 14.0. The Labute approximate surface area is 126 Å². The van der Waals surface area contributed by atoms with E-state index in [-0.39, 0.29) is 12.6 Å². The number of ether oxygens (including phenoxy) is 2. The summed E-state index contributed by atoms with van der Waals surface area (Å²) in [5, 5.41) is -0.473. The van der Waals surface area contributed by atoms with E-state index in [1.54, 1.807) is 18.2 Å². The van der Waals surface area contributed by atoms with Crippen molar-refractivity contribution in [3.8, 4) is 11.5 Å². The first kappa shape index (κ1) is 13.9. The smallest absolute Gasteiger partial charge is 0.231 e. The van der Waals surface area contributed by atoms with Crippen LogP contribution in [-0.2, 0) is 11.2 Å². The van der Waals surface area contributed by atoms with Gasteiger partial charge in [-0.15, -0.1) is 0 Å². The number of hydrogen-bond acceptors (Lipinski definition) is 3. The summed E-state index contributed by atoms with van der Waals surface area (Å²) in [6, 6.07) is 11.3. The first-order valence-corrected chi connectivity index (χ1v) is 6.84. The highest BCUT2D eigenvalue weighted by atomic mass is 35.5. The van der Waals surface area contributed by atoms with Gasteiger partial charge in [0.1, 0.15) is 5.82 Å². The van der Waals surface area contributed by atoms with Crippen molar-refractivity contribution in [1.82, 2.24) is 0 Å². The lowest BCUT2D eigenvalue weighted by molar-refractivity contribution is -0.113. The number of fused-ring (bicyclic) bond motifs is 1. The maximum atomic E-state index is 13.0. The standard InChI is InChI=1S/C16H12ClFO3/c17-16(19)13(11-2-4-12(18)5-3-11)7-10-1-6-14-15(8-10)21-9-20-14/h1-6,8,13H,7,9H2. The van der Waals surface area contributed by atoms with Crippen LogP contribution in [0.1, 0.15) is 17.0 Å². The minimum Gasteiger partial charge on any atom is -0.454 e. The van der Waals surface area contributed by atoms with Crippen LogP contribution < -0.4 is 9.47 Å². The van der Waals surface area contributed by atoms with E-state index in [4.69, 9.17) is 21.1 Å². The molecule has 3 rings (SSSR count). The van der Waals surface area contributed by atoms with Crippen LogP contribution in [0.25, 0.3) is 0 Å². The Morgan fingerprint density at radius 2 is 1.86 bits per heavy atom. The summed E-state index contributed by atoms with van der Waals surface area (Å²) >= 11 is 5.70. The number of carbonyl (C=O) groups is 1. The molecule has 0 spiro atoms. The lowest BCUT2D eigenvalue weighted by Gasteiger charge is -2.13. The predicted octanol–water partition coefficient (Wildman–Crippen LogP) is 3.65. The van der Waals surface area contributed by atoms with Gasteiger partial charge in [-0.05, 0) is 53.4 Å². The Morgan fingerprint density at radius 3 is 2.57 bits per heavy atom. The van der Waals surface area contributed by atoms with E-state index < -0.39 is 11.2 Å². The zero-order valence-corrected chi connectivity index (χ0v) is 11.8. The fourth-order valence-corrected chi connectivity index (χ4v) is 2.53. The number of carbonyl (C=O) groups excluding carboxylic acids is 1. The van der Waals surface area contributed by atoms with Crippen molar-refractivity contribution in [3.05, 3.63) is 59.4 Å². The molecule has 21 heavy (non-hydrogen) atoms. The van der Waals surface area contributed by atoms with Crippen LogP contribution in [0.5, 0.6) is 11.5 Å². The number of rotatable bonds is 4. The molecule has 0 fully saturated rings. The Hall–Kier alpha value is -2.07. The quantitative estimate of drug-likeness (QED) is 0.809. The molecule has 1 heterocycles. The second-order valence-electron chi connectivity index (χ2n) is 4.80. The van der Waals surface area contributed by atoms with Crippen LogP contribution in [0.3, 0.4) is 0 Å². The van der Waals surface area contributed by atoms with Gasteiger partial charge in [-0.1, -0.05) is 18.2 Å². The summed E-state index contributed by atoms with van der Waals surface area (Å²) in [5.41, 5.74) is 1.59. The third-order valence-corrected chi connectivity index (χ3v) is 3.69. The van der Waals surface area contributed by atoms with Crippen LogP contribution in [0, 0.1) is 5.82 Å². The van der Waals surface area contributed by atoms with Crippen molar-refractivity contribution in [2.24, 2.45) is 0 Å². The molecule has 1 unspecified atom stereocenters. The lowest BCUT2D eigenvalue weighted by Crippen LogP contribution is -2.10. The number of halogens is 2. The second-order valence-corrected chi connectivity index (χ2v) is 5.17. The average molecular weight is 307 g/mol. The molecule has 0 N–H and O–H groups in total. The molecule has 0 saturated carbocycles. The summed E-state index contributed by atoms with van der Waals surface area (Å²) in [6.45, 7) is 0.203. The van der Waals surface area contributed by atoms with Crippen LogP contribution in [-0.4, -0.2) is 12.0 Å². The molecule has 108 valence electrons. The van der Waals surface area contributed by atoms with E-state index >= 15 is 0 Å². The maximum absolute atomic E-state index is 13.0. The third kappa shape index (κ3) is 3.00. The van der Waals surface area contributed by atoms with Crippen molar-refractivity contribution in [2.75, 3.05) is 6.79 Å². The highest BCUT2D eigenvalue weighted by Gasteiger charge is 2.21. The maximum Gasteiger partial charge on any atom is 0.231 e. The molecule has 0 amide bonds. The summed E-state index contributed by atoms with van der Waals surface area (Å²) in [6.07, 6.45) is 0.421. The van der Waals surface area contributed by atoms with Crippen molar-refractivity contribution >= 4 is 16.8 Å².